The smallest absolute Gasteiger partial charge is 0.0350 e. The topological polar surface area (TPSA) is 12.0 Å². The molecule has 1 heteroatoms. The number of hydrogen-bond acceptors (Lipinski definition) is 1. The lowest BCUT2D eigenvalue weighted by Gasteiger charge is -2.13. The number of fused-ring (bicyclic) bond motifs is 1. The Morgan fingerprint density at radius 3 is 2.47 bits per heavy atom. The summed E-state index contributed by atoms with van der Waals surface area (Å²) in [4.78, 5) is 0. The Balaban J connectivity index is 1.99. The van der Waals surface area contributed by atoms with Crippen LogP contribution in [0.4, 0.5) is 5.69 Å². The van der Waals surface area contributed by atoms with Gasteiger partial charge in [-0.2, -0.15) is 0 Å². The standard InChI is InChI=1S/C14H15N/c1-14(8-9-14)15-13-7-6-11-4-2-3-5-12(11)10-13/h2-7,10,15H,8-9H2,1H3. The van der Waals surface area contributed by atoms with Crippen LogP contribution < -0.4 is 5.32 Å². The van der Waals surface area contributed by atoms with E-state index in [-0.39, 0.29) is 0 Å². The van der Waals surface area contributed by atoms with E-state index in [1.165, 1.54) is 29.3 Å². The normalized spacial score (nSPS) is 17.7. The van der Waals surface area contributed by atoms with Crippen molar-refractivity contribution in [3.8, 4) is 0 Å². The number of nitrogens with one attached hydrogen (secondary N) is 1. The Kier molecular flexibility index (Phi) is 1.75. The van der Waals surface area contributed by atoms with Crippen molar-refractivity contribution < 1.29 is 0 Å². The number of anilines is 1. The van der Waals surface area contributed by atoms with E-state index in [1.54, 1.807) is 0 Å². The summed E-state index contributed by atoms with van der Waals surface area (Å²) < 4.78 is 0. The molecule has 1 fully saturated rings. The first-order chi connectivity index (χ1) is 7.25. The molecule has 0 heterocycles. The van der Waals surface area contributed by atoms with Gasteiger partial charge in [-0.05, 0) is 42.7 Å². The van der Waals surface area contributed by atoms with Gasteiger partial charge in [0, 0.05) is 11.2 Å². The van der Waals surface area contributed by atoms with Gasteiger partial charge in [-0.25, -0.2) is 0 Å². The Morgan fingerprint density at radius 1 is 1.00 bits per heavy atom. The molecule has 1 aliphatic carbocycles. The van der Waals surface area contributed by atoms with Gasteiger partial charge in [0.2, 0.25) is 0 Å². The molecule has 0 bridgehead atoms. The fraction of sp³-hybridized carbons (Fsp3) is 0.286. The second-order valence-corrected chi connectivity index (χ2v) is 4.75. The quantitative estimate of drug-likeness (QED) is 0.772. The van der Waals surface area contributed by atoms with E-state index in [9.17, 15) is 0 Å². The van der Waals surface area contributed by atoms with Gasteiger partial charge in [0.15, 0.2) is 0 Å². The maximum atomic E-state index is 3.58. The molecule has 0 aliphatic heterocycles. The van der Waals surface area contributed by atoms with Crippen molar-refractivity contribution in [3.05, 3.63) is 42.5 Å². The second kappa shape index (κ2) is 2.99. The monoisotopic (exact) mass is 197 g/mol. The molecule has 15 heavy (non-hydrogen) atoms. The number of hydrogen-bond donors (Lipinski definition) is 1. The molecule has 1 N–H and O–H groups in total. The predicted molar refractivity (Wildman–Crippen MR) is 65.2 cm³/mol. The Bertz CT molecular complexity index is 497. The highest BCUT2D eigenvalue weighted by Crippen LogP contribution is 2.38. The summed E-state index contributed by atoms with van der Waals surface area (Å²) in [5, 5.41) is 6.21. The zero-order valence-electron chi connectivity index (χ0n) is 8.96. The zero-order valence-corrected chi connectivity index (χ0v) is 8.96. The number of rotatable bonds is 2. The average Bonchev–Trinajstić information content (AvgIpc) is 2.96. The first-order valence-corrected chi connectivity index (χ1v) is 5.52. The van der Waals surface area contributed by atoms with E-state index in [0.29, 0.717) is 5.54 Å². The van der Waals surface area contributed by atoms with E-state index < -0.39 is 0 Å². The minimum atomic E-state index is 0.364. The molecule has 0 spiro atoms. The van der Waals surface area contributed by atoms with E-state index in [0.717, 1.165) is 0 Å². The largest absolute Gasteiger partial charge is 0.380 e. The van der Waals surface area contributed by atoms with E-state index in [2.05, 4.69) is 54.7 Å². The van der Waals surface area contributed by atoms with Crippen LogP contribution in [0, 0.1) is 0 Å². The van der Waals surface area contributed by atoms with Crippen LogP contribution in [0.3, 0.4) is 0 Å². The highest BCUT2D eigenvalue weighted by molar-refractivity contribution is 5.85. The first kappa shape index (κ1) is 8.78. The molecule has 0 saturated heterocycles. The molecule has 1 nitrogen and oxygen atoms in total. The Labute approximate surface area is 90.1 Å². The van der Waals surface area contributed by atoms with Gasteiger partial charge in [0.25, 0.3) is 0 Å². The van der Waals surface area contributed by atoms with E-state index in [1.807, 2.05) is 0 Å². The lowest BCUT2D eigenvalue weighted by atomic mass is 10.1. The molecule has 0 radical (unpaired) electrons. The van der Waals surface area contributed by atoms with Crippen molar-refractivity contribution in [3.63, 3.8) is 0 Å². The van der Waals surface area contributed by atoms with Crippen molar-refractivity contribution in [2.45, 2.75) is 25.3 Å². The molecule has 2 aromatic rings. The molecule has 1 saturated carbocycles. The van der Waals surface area contributed by atoms with Gasteiger partial charge in [-0.3, -0.25) is 0 Å². The molecule has 0 atom stereocenters. The first-order valence-electron chi connectivity index (χ1n) is 5.52. The maximum absolute atomic E-state index is 3.58. The van der Waals surface area contributed by atoms with Gasteiger partial charge in [-0.1, -0.05) is 30.3 Å². The lowest BCUT2D eigenvalue weighted by Crippen LogP contribution is -2.15. The minimum Gasteiger partial charge on any atom is -0.380 e. The molecule has 2 aromatic carbocycles. The van der Waals surface area contributed by atoms with Gasteiger partial charge >= 0.3 is 0 Å². The fourth-order valence-corrected chi connectivity index (χ4v) is 1.93. The summed E-state index contributed by atoms with van der Waals surface area (Å²) in [7, 11) is 0. The SMILES string of the molecule is CC1(Nc2ccc3ccccc3c2)CC1. The molecular formula is C14H15N. The molecule has 76 valence electrons. The van der Waals surface area contributed by atoms with Crippen LogP contribution in [0.5, 0.6) is 0 Å². The van der Waals surface area contributed by atoms with Crippen LogP contribution in [-0.4, -0.2) is 5.54 Å². The molecule has 0 unspecified atom stereocenters. The maximum Gasteiger partial charge on any atom is 0.0350 e. The summed E-state index contributed by atoms with van der Waals surface area (Å²) in [6.45, 7) is 2.28. The van der Waals surface area contributed by atoms with Crippen LogP contribution in [0.1, 0.15) is 19.8 Å². The summed E-state index contributed by atoms with van der Waals surface area (Å²) >= 11 is 0. The lowest BCUT2D eigenvalue weighted by molar-refractivity contribution is 0.830. The average molecular weight is 197 g/mol. The van der Waals surface area contributed by atoms with Crippen molar-refractivity contribution in [1.29, 1.82) is 0 Å². The molecule has 0 amide bonds. The fourth-order valence-electron chi connectivity index (χ4n) is 1.93. The van der Waals surface area contributed by atoms with Gasteiger partial charge in [0.05, 0.1) is 0 Å². The zero-order chi connectivity index (χ0) is 10.3. The molecule has 1 aliphatic rings. The van der Waals surface area contributed by atoms with Gasteiger partial charge in [0.1, 0.15) is 0 Å². The van der Waals surface area contributed by atoms with Crippen LogP contribution in [0.25, 0.3) is 10.8 Å². The van der Waals surface area contributed by atoms with E-state index >= 15 is 0 Å². The third-order valence-electron chi connectivity index (χ3n) is 3.20. The van der Waals surface area contributed by atoms with E-state index in [4.69, 9.17) is 0 Å². The minimum absolute atomic E-state index is 0.364. The molecule has 3 rings (SSSR count). The summed E-state index contributed by atoms with van der Waals surface area (Å²) in [6, 6.07) is 15.1. The second-order valence-electron chi connectivity index (χ2n) is 4.75. The Morgan fingerprint density at radius 2 is 1.73 bits per heavy atom. The van der Waals surface area contributed by atoms with Crippen molar-refractivity contribution in [1.82, 2.24) is 0 Å². The van der Waals surface area contributed by atoms with Gasteiger partial charge in [-0.15, -0.1) is 0 Å². The van der Waals surface area contributed by atoms with Crippen LogP contribution >= 0.6 is 0 Å². The summed E-state index contributed by atoms with van der Waals surface area (Å²) in [5.74, 6) is 0. The third-order valence-corrected chi connectivity index (χ3v) is 3.20. The van der Waals surface area contributed by atoms with Crippen molar-refractivity contribution >= 4 is 16.5 Å². The number of benzene rings is 2. The highest BCUT2D eigenvalue weighted by atomic mass is 15.0. The summed E-state index contributed by atoms with van der Waals surface area (Å²) in [5.41, 5.74) is 1.61. The Hall–Kier alpha value is -1.50. The van der Waals surface area contributed by atoms with Crippen molar-refractivity contribution in [2.75, 3.05) is 5.32 Å². The van der Waals surface area contributed by atoms with Crippen LogP contribution in [-0.2, 0) is 0 Å². The third kappa shape index (κ3) is 1.70. The predicted octanol–water partition coefficient (Wildman–Crippen LogP) is 3.80. The molecular weight excluding hydrogens is 182 g/mol. The van der Waals surface area contributed by atoms with Crippen molar-refractivity contribution in [2.24, 2.45) is 0 Å². The van der Waals surface area contributed by atoms with Crippen LogP contribution in [0.2, 0.25) is 0 Å². The van der Waals surface area contributed by atoms with Gasteiger partial charge < -0.3 is 5.32 Å². The highest BCUT2D eigenvalue weighted by Gasteiger charge is 2.36. The van der Waals surface area contributed by atoms with Crippen LogP contribution in [0.15, 0.2) is 42.5 Å². The summed E-state index contributed by atoms with van der Waals surface area (Å²) in [6.07, 6.45) is 2.58. The molecule has 0 aromatic heterocycles.